The standard InChI is InChI=1S/C22H28N8O2/c23-21(24)27-10-2-9-26-20(31)14-4-6-17(7-5-14)30-13-16-11-18(15-3-1-8-25-12-15)28-19(16)29-22(30)32/h4-7,11,13,15,25H,1-3,8-10,12H2,(H,26,31)(H4,23,24,27)(H,28,29,32). The fourth-order valence-corrected chi connectivity index (χ4v) is 3.93. The second-order valence-corrected chi connectivity index (χ2v) is 7.96. The van der Waals surface area contributed by atoms with Gasteiger partial charge >= 0.3 is 5.69 Å². The lowest BCUT2D eigenvalue weighted by atomic mass is 9.96. The molecule has 4 rings (SSSR count). The highest BCUT2D eigenvalue weighted by atomic mass is 16.2. The van der Waals surface area contributed by atoms with Crippen LogP contribution in [0, 0.1) is 5.41 Å². The van der Waals surface area contributed by atoms with Gasteiger partial charge in [0.25, 0.3) is 5.91 Å². The first kappa shape index (κ1) is 21.6. The van der Waals surface area contributed by atoms with Crippen molar-refractivity contribution in [3.8, 4) is 5.69 Å². The Morgan fingerprint density at radius 1 is 1.25 bits per heavy atom. The van der Waals surface area contributed by atoms with Crippen molar-refractivity contribution in [1.29, 1.82) is 5.41 Å². The number of H-pyrrole nitrogens is 1. The molecule has 1 aliphatic rings. The van der Waals surface area contributed by atoms with Gasteiger partial charge in [-0.1, -0.05) is 0 Å². The second-order valence-electron chi connectivity index (χ2n) is 7.96. The van der Waals surface area contributed by atoms with E-state index in [2.05, 4.69) is 32.0 Å². The highest BCUT2D eigenvalue weighted by molar-refractivity contribution is 5.94. The maximum absolute atomic E-state index is 12.6. The van der Waals surface area contributed by atoms with Crippen LogP contribution in [0.5, 0.6) is 0 Å². The molecule has 1 atom stereocenters. The number of hydrogen-bond donors (Lipinski definition) is 6. The van der Waals surface area contributed by atoms with Gasteiger partial charge in [-0.25, -0.2) is 4.79 Å². The van der Waals surface area contributed by atoms with Crippen molar-refractivity contribution in [2.45, 2.75) is 25.2 Å². The Morgan fingerprint density at radius 3 is 2.75 bits per heavy atom. The van der Waals surface area contributed by atoms with Gasteiger partial charge in [0.15, 0.2) is 5.96 Å². The molecule has 0 saturated carbocycles. The Balaban J connectivity index is 1.45. The summed E-state index contributed by atoms with van der Waals surface area (Å²) in [5.41, 5.74) is 7.69. The number of aromatic amines is 1. The summed E-state index contributed by atoms with van der Waals surface area (Å²) in [6, 6.07) is 8.91. The Labute approximate surface area is 185 Å². The van der Waals surface area contributed by atoms with Crippen LogP contribution >= 0.6 is 0 Å². The van der Waals surface area contributed by atoms with Crippen LogP contribution in [0.2, 0.25) is 0 Å². The fraction of sp³-hybridized carbons (Fsp3) is 0.364. The molecule has 0 aliphatic carbocycles. The van der Waals surface area contributed by atoms with Crippen molar-refractivity contribution in [2.75, 3.05) is 26.2 Å². The number of nitrogens with two attached hydrogens (primary N) is 1. The number of carbonyl (C=O) groups excluding carboxylic acids is 1. The minimum Gasteiger partial charge on any atom is -0.370 e. The largest absolute Gasteiger partial charge is 0.370 e. The van der Waals surface area contributed by atoms with E-state index >= 15 is 0 Å². The zero-order valence-electron chi connectivity index (χ0n) is 17.8. The summed E-state index contributed by atoms with van der Waals surface area (Å²) in [5.74, 6) is 0.117. The Hall–Kier alpha value is -3.66. The molecule has 10 nitrogen and oxygen atoms in total. The van der Waals surface area contributed by atoms with E-state index in [9.17, 15) is 9.59 Å². The smallest absolute Gasteiger partial charge is 0.354 e. The third-order valence-electron chi connectivity index (χ3n) is 5.63. The number of guanidine groups is 1. The molecular formula is C22H28N8O2. The van der Waals surface area contributed by atoms with E-state index in [0.29, 0.717) is 42.3 Å². The third-order valence-corrected chi connectivity index (χ3v) is 5.63. The third kappa shape index (κ3) is 4.97. The van der Waals surface area contributed by atoms with Crippen molar-refractivity contribution in [3.05, 3.63) is 58.3 Å². The van der Waals surface area contributed by atoms with Gasteiger partial charge in [-0.2, -0.15) is 4.98 Å². The molecule has 2 aromatic heterocycles. The molecule has 3 aromatic rings. The molecule has 1 aromatic carbocycles. The number of nitrogens with zero attached hydrogens (tertiary/aromatic N) is 2. The van der Waals surface area contributed by atoms with Gasteiger partial charge < -0.3 is 26.7 Å². The molecular weight excluding hydrogens is 408 g/mol. The summed E-state index contributed by atoms with van der Waals surface area (Å²) in [4.78, 5) is 32.4. The van der Waals surface area contributed by atoms with E-state index in [1.807, 2.05) is 0 Å². The lowest BCUT2D eigenvalue weighted by molar-refractivity contribution is 0.0953. The van der Waals surface area contributed by atoms with E-state index in [0.717, 1.165) is 37.0 Å². The first-order chi connectivity index (χ1) is 15.5. The fourth-order valence-electron chi connectivity index (χ4n) is 3.93. The van der Waals surface area contributed by atoms with E-state index in [1.165, 1.54) is 4.57 Å². The number of carbonyl (C=O) groups is 1. The van der Waals surface area contributed by atoms with E-state index in [-0.39, 0.29) is 17.6 Å². The number of amides is 1. The van der Waals surface area contributed by atoms with Crippen molar-refractivity contribution < 1.29 is 4.79 Å². The first-order valence-corrected chi connectivity index (χ1v) is 10.8. The number of rotatable bonds is 7. The molecule has 0 bridgehead atoms. The van der Waals surface area contributed by atoms with Gasteiger partial charge in [-0.15, -0.1) is 0 Å². The Kier molecular flexibility index (Phi) is 6.50. The molecule has 1 aliphatic heterocycles. The summed E-state index contributed by atoms with van der Waals surface area (Å²) in [7, 11) is 0. The van der Waals surface area contributed by atoms with Gasteiger partial charge in [0.05, 0.1) is 5.69 Å². The summed E-state index contributed by atoms with van der Waals surface area (Å²) in [6.07, 6.45) is 4.69. The van der Waals surface area contributed by atoms with Crippen molar-refractivity contribution in [1.82, 2.24) is 30.5 Å². The SMILES string of the molecule is N=C(N)NCCCNC(=O)c1ccc(-n2cc3cc(C4CCCNC4)[nH]c3nc2=O)cc1. The Bertz CT molecular complexity index is 1160. The average molecular weight is 437 g/mol. The molecule has 32 heavy (non-hydrogen) atoms. The van der Waals surface area contributed by atoms with Gasteiger partial charge in [-0.3, -0.25) is 14.8 Å². The van der Waals surface area contributed by atoms with Crippen LogP contribution in [-0.2, 0) is 0 Å². The van der Waals surface area contributed by atoms with Crippen molar-refractivity contribution in [2.24, 2.45) is 5.73 Å². The molecule has 168 valence electrons. The van der Waals surface area contributed by atoms with Gasteiger partial charge in [0.2, 0.25) is 0 Å². The molecule has 3 heterocycles. The average Bonchev–Trinajstić information content (AvgIpc) is 3.21. The van der Waals surface area contributed by atoms with E-state index in [1.54, 1.807) is 30.5 Å². The van der Waals surface area contributed by atoms with Gasteiger partial charge in [0, 0.05) is 48.4 Å². The minimum absolute atomic E-state index is 0.0864. The molecule has 10 heteroatoms. The predicted octanol–water partition coefficient (Wildman–Crippen LogP) is 0.784. The molecule has 1 amide bonds. The normalized spacial score (nSPS) is 16.1. The zero-order valence-corrected chi connectivity index (χ0v) is 17.8. The number of piperidine rings is 1. The zero-order chi connectivity index (χ0) is 22.5. The van der Waals surface area contributed by atoms with Gasteiger partial charge in [0.1, 0.15) is 5.65 Å². The molecule has 0 radical (unpaired) electrons. The maximum Gasteiger partial charge on any atom is 0.354 e. The number of hydrogen-bond acceptors (Lipinski definition) is 5. The molecule has 7 N–H and O–H groups in total. The monoisotopic (exact) mass is 436 g/mol. The number of fused-ring (bicyclic) bond motifs is 1. The van der Waals surface area contributed by atoms with Crippen LogP contribution in [0.1, 0.15) is 41.2 Å². The highest BCUT2D eigenvalue weighted by Crippen LogP contribution is 2.25. The van der Waals surface area contributed by atoms with Crippen molar-refractivity contribution in [3.63, 3.8) is 0 Å². The molecule has 1 fully saturated rings. The molecule has 1 saturated heterocycles. The van der Waals surface area contributed by atoms with E-state index in [4.69, 9.17) is 11.1 Å². The summed E-state index contributed by atoms with van der Waals surface area (Å²) in [6.45, 7) is 2.96. The van der Waals surface area contributed by atoms with Crippen LogP contribution < -0.4 is 27.4 Å². The molecule has 1 unspecified atom stereocenters. The van der Waals surface area contributed by atoms with Crippen molar-refractivity contribution >= 4 is 22.9 Å². The number of aromatic nitrogens is 3. The van der Waals surface area contributed by atoms with Crippen LogP contribution in [0.25, 0.3) is 16.7 Å². The maximum atomic E-state index is 12.6. The molecule has 0 spiro atoms. The second kappa shape index (κ2) is 9.65. The predicted molar refractivity (Wildman–Crippen MR) is 123 cm³/mol. The summed E-state index contributed by atoms with van der Waals surface area (Å²) in [5, 5.41) is 16.9. The van der Waals surface area contributed by atoms with Crippen LogP contribution in [-0.4, -0.2) is 52.6 Å². The summed E-state index contributed by atoms with van der Waals surface area (Å²) >= 11 is 0. The van der Waals surface area contributed by atoms with E-state index < -0.39 is 0 Å². The Morgan fingerprint density at radius 2 is 2.03 bits per heavy atom. The first-order valence-electron chi connectivity index (χ1n) is 10.8. The minimum atomic E-state index is -0.372. The quantitative estimate of drug-likeness (QED) is 0.183. The number of benzene rings is 1. The number of nitrogens with one attached hydrogen (secondary N) is 5. The topological polar surface area (TPSA) is 154 Å². The van der Waals surface area contributed by atoms with Crippen LogP contribution in [0.4, 0.5) is 0 Å². The summed E-state index contributed by atoms with van der Waals surface area (Å²) < 4.78 is 1.49. The van der Waals surface area contributed by atoms with Crippen LogP contribution in [0.3, 0.4) is 0 Å². The van der Waals surface area contributed by atoms with Crippen LogP contribution in [0.15, 0.2) is 41.3 Å². The van der Waals surface area contributed by atoms with Gasteiger partial charge in [-0.05, 0) is 56.1 Å². The lowest BCUT2D eigenvalue weighted by Crippen LogP contribution is -2.33. The highest BCUT2D eigenvalue weighted by Gasteiger charge is 2.18. The lowest BCUT2D eigenvalue weighted by Gasteiger charge is -2.21.